The largest absolute Gasteiger partial charge is 0.507 e. The van der Waals surface area contributed by atoms with Crippen molar-refractivity contribution >= 4 is 78.6 Å². The molecule has 1 N–H and O–H groups in total. The highest BCUT2D eigenvalue weighted by Crippen LogP contribution is 2.54. The lowest BCUT2D eigenvalue weighted by molar-refractivity contribution is -0.158. The van der Waals surface area contributed by atoms with E-state index in [1.807, 2.05) is 0 Å². The molecule has 6 bridgehead atoms. The Balaban J connectivity index is 1.71. The van der Waals surface area contributed by atoms with Gasteiger partial charge in [-0.05, 0) is 44.0 Å². The summed E-state index contributed by atoms with van der Waals surface area (Å²) in [5.41, 5.74) is -0.126. The second-order valence-electron chi connectivity index (χ2n) is 10.0. The van der Waals surface area contributed by atoms with Gasteiger partial charge in [-0.3, -0.25) is 58.2 Å². The molecule has 0 aliphatic carbocycles. The van der Waals surface area contributed by atoms with E-state index in [1.165, 1.54) is 75.3 Å². The molecule has 218 valence electrons. The molecule has 3 fully saturated rings. The first-order chi connectivity index (χ1) is 19.8. The third-order valence-corrected chi connectivity index (χ3v) is 11.2. The van der Waals surface area contributed by atoms with Crippen molar-refractivity contribution in [1.82, 2.24) is 29.4 Å². The molecular weight excluding hydrogens is 700 g/mol. The number of carbonyl (C=O) groups excluding carboxylic acids is 6. The minimum atomic E-state index is -1.30. The summed E-state index contributed by atoms with van der Waals surface area (Å²) in [5, 5.41) is 12.3. The van der Waals surface area contributed by atoms with Crippen LogP contribution in [0.5, 0.6) is 5.75 Å². The van der Waals surface area contributed by atoms with Gasteiger partial charge in [0.1, 0.15) is 10.6 Å². The minimum Gasteiger partial charge on any atom is -0.507 e. The van der Waals surface area contributed by atoms with Gasteiger partial charge in [0, 0.05) is 37.5 Å². The molecule has 5 aliphatic rings. The van der Waals surface area contributed by atoms with Gasteiger partial charge in [0.15, 0.2) is 36.3 Å². The summed E-state index contributed by atoms with van der Waals surface area (Å²) in [6.45, 7) is 4.92. The summed E-state index contributed by atoms with van der Waals surface area (Å²) < 4.78 is 1.05. The first-order valence-electron chi connectivity index (χ1n) is 12.6. The molecule has 42 heavy (non-hydrogen) atoms. The number of halogens is 2. The van der Waals surface area contributed by atoms with Crippen LogP contribution in [-0.2, 0) is 19.2 Å². The van der Waals surface area contributed by atoms with E-state index in [9.17, 15) is 33.9 Å². The summed E-state index contributed by atoms with van der Waals surface area (Å²) in [6, 6.07) is 5.78. The molecule has 1 aromatic heterocycles. The maximum Gasteiger partial charge on any atom is 0.268 e. The number of hydrogen-bond acceptors (Lipinski definition) is 8. The number of aromatic hydroxyl groups is 1. The Hall–Kier alpha value is -3.76. The zero-order chi connectivity index (χ0) is 30.5. The van der Waals surface area contributed by atoms with E-state index in [1.54, 1.807) is 11.4 Å². The van der Waals surface area contributed by atoms with Crippen LogP contribution < -0.4 is 0 Å². The summed E-state index contributed by atoms with van der Waals surface area (Å²) >= 11 is 7.92. The van der Waals surface area contributed by atoms with E-state index >= 15 is 0 Å². The fourth-order valence-electron chi connectivity index (χ4n) is 6.28. The highest BCUT2D eigenvalue weighted by Gasteiger charge is 2.73. The number of piperazine rings is 1. The second kappa shape index (κ2) is 9.64. The fourth-order valence-corrected chi connectivity index (χ4v) is 8.37. The third kappa shape index (κ3) is 3.57. The van der Waals surface area contributed by atoms with Crippen molar-refractivity contribution < 1.29 is 33.9 Å². The average molecular weight is 722 g/mol. The number of rotatable bonds is 2. The van der Waals surface area contributed by atoms with Crippen molar-refractivity contribution in [2.75, 3.05) is 0 Å². The number of thiophene rings is 1. The van der Waals surface area contributed by atoms with E-state index in [4.69, 9.17) is 0 Å². The van der Waals surface area contributed by atoms with Crippen molar-refractivity contribution in [3.63, 3.8) is 0 Å². The molecular formula is C26H22Br2N6O7S. The smallest absolute Gasteiger partial charge is 0.268 e. The summed E-state index contributed by atoms with van der Waals surface area (Å²) in [6.07, 6.45) is -5.14. The molecule has 0 saturated carbocycles. The van der Waals surface area contributed by atoms with Crippen molar-refractivity contribution in [1.29, 1.82) is 0 Å². The Morgan fingerprint density at radius 3 is 1.45 bits per heavy atom. The van der Waals surface area contributed by atoms with Gasteiger partial charge in [0.25, 0.3) is 11.8 Å². The Morgan fingerprint density at radius 1 is 0.690 bits per heavy atom. The van der Waals surface area contributed by atoms with Crippen LogP contribution in [0.2, 0.25) is 0 Å². The Kier molecular flexibility index (Phi) is 6.51. The van der Waals surface area contributed by atoms with Gasteiger partial charge in [-0.1, -0.05) is 12.1 Å². The maximum absolute atomic E-state index is 14.5. The molecule has 5 aliphatic heterocycles. The number of nitrogens with zero attached hydrogens (tertiary/aromatic N) is 6. The van der Waals surface area contributed by atoms with E-state index in [-0.39, 0.29) is 27.8 Å². The average Bonchev–Trinajstić information content (AvgIpc) is 3.50. The lowest BCUT2D eigenvalue weighted by Crippen LogP contribution is -2.76. The van der Waals surface area contributed by atoms with Crippen molar-refractivity contribution in [2.24, 2.45) is 0 Å². The number of phenolic OH excluding ortho intramolecular Hbond substituents is 1. The van der Waals surface area contributed by atoms with Crippen LogP contribution in [-0.4, -0.2) is 94.6 Å². The molecule has 3 saturated heterocycles. The van der Waals surface area contributed by atoms with Crippen molar-refractivity contribution in [3.8, 4) is 5.75 Å². The normalized spacial score (nSPS) is 23.8. The van der Waals surface area contributed by atoms with Crippen LogP contribution in [0.3, 0.4) is 0 Å². The monoisotopic (exact) mass is 720 g/mol. The Bertz CT molecular complexity index is 1610. The van der Waals surface area contributed by atoms with Gasteiger partial charge in [-0.15, -0.1) is 11.3 Å². The van der Waals surface area contributed by atoms with Gasteiger partial charge in [-0.25, -0.2) is 0 Å². The first-order valence-corrected chi connectivity index (χ1v) is 15.1. The number of amides is 6. The molecule has 16 heteroatoms. The van der Waals surface area contributed by atoms with E-state index in [2.05, 4.69) is 31.9 Å². The molecule has 6 heterocycles. The number of para-hydroxylation sites is 1. The number of hydrogen-bond donors (Lipinski definition) is 1. The van der Waals surface area contributed by atoms with E-state index in [0.29, 0.717) is 8.95 Å². The Labute approximate surface area is 259 Å². The van der Waals surface area contributed by atoms with Gasteiger partial charge >= 0.3 is 0 Å². The molecule has 4 atom stereocenters. The molecule has 6 amide bonds. The van der Waals surface area contributed by atoms with E-state index in [0.717, 1.165) is 11.3 Å². The quantitative estimate of drug-likeness (QED) is 0.502. The highest BCUT2D eigenvalue weighted by atomic mass is 79.9. The summed E-state index contributed by atoms with van der Waals surface area (Å²) in [4.78, 5) is 89.9. The van der Waals surface area contributed by atoms with Crippen molar-refractivity contribution in [2.45, 2.75) is 52.4 Å². The number of carbonyl (C=O) groups is 6. The van der Waals surface area contributed by atoms with Gasteiger partial charge in [0.05, 0.1) is 10.0 Å². The highest BCUT2D eigenvalue weighted by molar-refractivity contribution is 9.13. The fraction of sp³-hybridized carbons (Fsp3) is 0.308. The lowest BCUT2D eigenvalue weighted by Gasteiger charge is -2.53. The van der Waals surface area contributed by atoms with Crippen molar-refractivity contribution in [3.05, 3.63) is 60.7 Å². The maximum atomic E-state index is 14.5. The summed E-state index contributed by atoms with van der Waals surface area (Å²) in [5.74, 6) is -4.25. The van der Waals surface area contributed by atoms with Crippen LogP contribution in [0, 0.1) is 0 Å². The van der Waals surface area contributed by atoms with Crippen LogP contribution >= 0.6 is 43.2 Å². The van der Waals surface area contributed by atoms with Gasteiger partial charge in [0.2, 0.25) is 23.6 Å². The van der Waals surface area contributed by atoms with Gasteiger partial charge in [-0.2, -0.15) is 0 Å². The molecule has 7 rings (SSSR count). The second-order valence-corrected chi connectivity index (χ2v) is 12.6. The van der Waals surface area contributed by atoms with Crippen LogP contribution in [0.25, 0.3) is 0 Å². The molecule has 0 radical (unpaired) electrons. The lowest BCUT2D eigenvalue weighted by atomic mass is 10.0. The third-order valence-electron chi connectivity index (χ3n) is 7.69. The number of benzene rings is 1. The zero-order valence-electron chi connectivity index (χ0n) is 22.4. The SMILES string of the molecule is CC(=O)N1C2=C3N(C(C)=O)C4C(N3C(C)=O)N(C(=O)c3scc(Br)c3Br)C(C1N4C(=O)c1ccccc1O)N2C(C)=O. The van der Waals surface area contributed by atoms with Crippen LogP contribution in [0.4, 0.5) is 0 Å². The predicted octanol–water partition coefficient (Wildman–Crippen LogP) is 2.44. The molecule has 1 aromatic carbocycles. The van der Waals surface area contributed by atoms with Gasteiger partial charge < -0.3 is 5.11 Å². The Morgan fingerprint density at radius 2 is 1.10 bits per heavy atom. The topological polar surface area (TPSA) is 142 Å². The number of phenols is 1. The molecule has 2 aromatic rings. The van der Waals surface area contributed by atoms with Crippen LogP contribution in [0.15, 0.2) is 50.2 Å². The van der Waals surface area contributed by atoms with E-state index < -0.39 is 60.1 Å². The summed E-state index contributed by atoms with van der Waals surface area (Å²) in [7, 11) is 0. The van der Waals surface area contributed by atoms with Crippen LogP contribution in [0.1, 0.15) is 47.7 Å². The molecule has 13 nitrogen and oxygen atoms in total. The first kappa shape index (κ1) is 28.4. The minimum absolute atomic E-state index is 0.0859. The standard InChI is InChI=1S/C26H22Br2N6O7S/c1-10(35)29-19-20-30(11(2)36)22-24(32(20)13(4)38)34(26(41)18-17(28)15(27)9-42-18)23(31(19)12(3)37)21(29)33(22)25(40)14-7-5-6-8-16(14)39/h5-9,21-24,39H,1-4H3. The zero-order valence-corrected chi connectivity index (χ0v) is 26.4. The molecule has 0 spiro atoms. The molecule has 4 unspecified atom stereocenters. The predicted molar refractivity (Wildman–Crippen MR) is 152 cm³/mol.